The molecule has 0 fully saturated rings. The minimum Gasteiger partial charge on any atom is -0.461 e. The molecular weight excluding hydrogens is 204 g/mol. The van der Waals surface area contributed by atoms with Gasteiger partial charge in [-0.25, -0.2) is 9.78 Å². The van der Waals surface area contributed by atoms with Crippen molar-refractivity contribution in [2.75, 3.05) is 18.5 Å². The fourth-order valence-corrected chi connectivity index (χ4v) is 1.88. The lowest BCUT2D eigenvalue weighted by Crippen LogP contribution is -2.17. The topological polar surface area (TPSA) is 51.2 Å². The Kier molecular flexibility index (Phi) is 3.08. The first-order chi connectivity index (χ1) is 7.72. The van der Waals surface area contributed by atoms with Crippen LogP contribution in [0.5, 0.6) is 0 Å². The van der Waals surface area contributed by atoms with Gasteiger partial charge in [0.2, 0.25) is 0 Å². The lowest BCUT2D eigenvalue weighted by Gasteiger charge is -2.18. The Labute approximate surface area is 95.0 Å². The van der Waals surface area contributed by atoms with Crippen molar-refractivity contribution < 1.29 is 9.53 Å². The first-order valence-corrected chi connectivity index (χ1v) is 5.64. The third kappa shape index (κ3) is 2.01. The molecule has 0 bridgehead atoms. The maximum atomic E-state index is 11.6. The van der Waals surface area contributed by atoms with E-state index in [0.29, 0.717) is 12.3 Å². The number of carbonyl (C=O) groups excluding carboxylic acids is 1. The number of pyridine rings is 1. The van der Waals surface area contributed by atoms with Crippen LogP contribution in [-0.4, -0.2) is 24.1 Å². The molecule has 2 rings (SSSR count). The zero-order valence-electron chi connectivity index (χ0n) is 9.67. The van der Waals surface area contributed by atoms with Gasteiger partial charge in [-0.1, -0.05) is 0 Å². The second-order valence-corrected chi connectivity index (χ2v) is 3.90. The molecule has 1 aliphatic heterocycles. The van der Waals surface area contributed by atoms with E-state index in [-0.39, 0.29) is 5.97 Å². The predicted molar refractivity (Wildman–Crippen MR) is 61.7 cm³/mol. The lowest BCUT2D eigenvalue weighted by atomic mass is 10.1. The molecule has 0 spiro atoms. The van der Waals surface area contributed by atoms with Crippen LogP contribution in [0.2, 0.25) is 0 Å². The van der Waals surface area contributed by atoms with E-state index in [1.807, 2.05) is 13.0 Å². The molecule has 0 radical (unpaired) electrons. The molecule has 0 unspecified atom stereocenters. The van der Waals surface area contributed by atoms with Gasteiger partial charge < -0.3 is 10.1 Å². The van der Waals surface area contributed by atoms with Crippen molar-refractivity contribution in [1.29, 1.82) is 0 Å². The van der Waals surface area contributed by atoms with E-state index in [1.54, 1.807) is 6.92 Å². The number of aryl methyl sites for hydroxylation is 2. The van der Waals surface area contributed by atoms with Gasteiger partial charge in [0, 0.05) is 6.54 Å². The van der Waals surface area contributed by atoms with Crippen molar-refractivity contribution in [1.82, 2.24) is 4.98 Å². The highest BCUT2D eigenvalue weighted by molar-refractivity contribution is 5.89. The van der Waals surface area contributed by atoms with Crippen molar-refractivity contribution in [3.63, 3.8) is 0 Å². The van der Waals surface area contributed by atoms with Gasteiger partial charge in [0.15, 0.2) is 5.69 Å². The van der Waals surface area contributed by atoms with Gasteiger partial charge >= 0.3 is 5.97 Å². The number of carbonyl (C=O) groups is 1. The van der Waals surface area contributed by atoms with Crippen molar-refractivity contribution in [2.45, 2.75) is 26.7 Å². The molecule has 1 aliphatic rings. The van der Waals surface area contributed by atoms with Crippen LogP contribution in [0, 0.1) is 6.92 Å². The largest absolute Gasteiger partial charge is 0.461 e. The quantitative estimate of drug-likeness (QED) is 0.774. The predicted octanol–water partition coefficient (Wildman–Crippen LogP) is 1.92. The number of aromatic nitrogens is 1. The highest BCUT2D eigenvalue weighted by Gasteiger charge is 2.17. The second kappa shape index (κ2) is 4.51. The molecule has 86 valence electrons. The number of nitrogens with one attached hydrogen (secondary N) is 1. The molecule has 0 saturated heterocycles. The van der Waals surface area contributed by atoms with Crippen LogP contribution in [0.25, 0.3) is 0 Å². The fraction of sp³-hybridized carbons (Fsp3) is 0.500. The number of nitrogens with zero attached hydrogens (tertiary/aromatic N) is 1. The summed E-state index contributed by atoms with van der Waals surface area (Å²) in [5.74, 6) is -0.326. The summed E-state index contributed by atoms with van der Waals surface area (Å²) in [6.45, 7) is 5.05. The number of fused-ring (bicyclic) bond motifs is 1. The van der Waals surface area contributed by atoms with Crippen LogP contribution in [0.3, 0.4) is 0 Å². The normalized spacial score (nSPS) is 13.9. The number of esters is 1. The summed E-state index contributed by atoms with van der Waals surface area (Å²) in [4.78, 5) is 16.0. The van der Waals surface area contributed by atoms with Crippen LogP contribution < -0.4 is 5.32 Å². The number of hydrogen-bond acceptors (Lipinski definition) is 4. The maximum absolute atomic E-state index is 11.6. The van der Waals surface area contributed by atoms with E-state index in [1.165, 1.54) is 0 Å². The molecule has 0 aliphatic carbocycles. The second-order valence-electron chi connectivity index (χ2n) is 3.90. The summed E-state index contributed by atoms with van der Waals surface area (Å²) >= 11 is 0. The third-order valence-corrected chi connectivity index (χ3v) is 2.67. The summed E-state index contributed by atoms with van der Waals surface area (Å²) in [5.41, 5.74) is 3.34. The Morgan fingerprint density at radius 3 is 3.19 bits per heavy atom. The van der Waals surface area contributed by atoms with Crippen molar-refractivity contribution in [3.8, 4) is 0 Å². The van der Waals surface area contributed by atoms with Gasteiger partial charge in [-0.3, -0.25) is 0 Å². The molecule has 0 aromatic carbocycles. The van der Waals surface area contributed by atoms with Crippen LogP contribution >= 0.6 is 0 Å². The Bertz CT molecular complexity index is 416. The maximum Gasteiger partial charge on any atom is 0.357 e. The molecule has 1 aromatic rings. The molecule has 0 saturated carbocycles. The average molecular weight is 220 g/mol. The summed E-state index contributed by atoms with van der Waals surface area (Å²) in [6.07, 6.45) is 1.99. The molecule has 4 heteroatoms. The highest BCUT2D eigenvalue weighted by atomic mass is 16.5. The van der Waals surface area contributed by atoms with E-state index in [9.17, 15) is 4.79 Å². The zero-order chi connectivity index (χ0) is 11.5. The van der Waals surface area contributed by atoms with E-state index in [2.05, 4.69) is 10.3 Å². The number of anilines is 1. The molecular formula is C12H16N2O2. The number of rotatable bonds is 2. The summed E-state index contributed by atoms with van der Waals surface area (Å²) < 4.78 is 4.98. The molecule has 0 atom stereocenters. The molecule has 1 N–H and O–H groups in total. The van der Waals surface area contributed by atoms with Crippen molar-refractivity contribution in [3.05, 3.63) is 23.0 Å². The van der Waals surface area contributed by atoms with E-state index in [4.69, 9.17) is 4.74 Å². The summed E-state index contributed by atoms with van der Waals surface area (Å²) in [7, 11) is 0. The van der Waals surface area contributed by atoms with Crippen LogP contribution in [0.15, 0.2) is 6.07 Å². The first-order valence-electron chi connectivity index (χ1n) is 5.64. The SMILES string of the molecule is CCOC(=O)c1nc2c(cc1C)NCCC2. The van der Waals surface area contributed by atoms with Gasteiger partial charge in [-0.05, 0) is 38.3 Å². The molecule has 4 nitrogen and oxygen atoms in total. The van der Waals surface area contributed by atoms with Gasteiger partial charge in [0.1, 0.15) is 0 Å². The number of ether oxygens (including phenoxy) is 1. The Balaban J connectivity index is 2.35. The van der Waals surface area contributed by atoms with Gasteiger partial charge in [-0.15, -0.1) is 0 Å². The van der Waals surface area contributed by atoms with E-state index in [0.717, 1.165) is 36.3 Å². The average Bonchev–Trinajstić information content (AvgIpc) is 2.28. The zero-order valence-corrected chi connectivity index (χ0v) is 9.67. The van der Waals surface area contributed by atoms with E-state index >= 15 is 0 Å². The fourth-order valence-electron chi connectivity index (χ4n) is 1.88. The molecule has 1 aromatic heterocycles. The van der Waals surface area contributed by atoms with Crippen LogP contribution in [0.1, 0.15) is 35.1 Å². The van der Waals surface area contributed by atoms with Gasteiger partial charge in [0.05, 0.1) is 18.0 Å². The van der Waals surface area contributed by atoms with Crippen molar-refractivity contribution in [2.24, 2.45) is 0 Å². The summed E-state index contributed by atoms with van der Waals surface area (Å²) in [6, 6.07) is 1.98. The lowest BCUT2D eigenvalue weighted by molar-refractivity contribution is 0.0518. The summed E-state index contributed by atoms with van der Waals surface area (Å²) in [5, 5.41) is 3.29. The molecule has 16 heavy (non-hydrogen) atoms. The Hall–Kier alpha value is -1.58. The Morgan fingerprint density at radius 1 is 1.62 bits per heavy atom. The first kappa shape index (κ1) is 10.9. The standard InChI is InChI=1S/C12H16N2O2/c1-3-16-12(15)11-8(2)7-10-9(14-11)5-4-6-13-10/h7,13H,3-6H2,1-2H3. The monoisotopic (exact) mass is 220 g/mol. The van der Waals surface area contributed by atoms with Crippen LogP contribution in [-0.2, 0) is 11.2 Å². The smallest absolute Gasteiger partial charge is 0.357 e. The molecule has 0 amide bonds. The van der Waals surface area contributed by atoms with Gasteiger partial charge in [0.25, 0.3) is 0 Å². The third-order valence-electron chi connectivity index (χ3n) is 2.67. The van der Waals surface area contributed by atoms with Crippen molar-refractivity contribution >= 4 is 11.7 Å². The van der Waals surface area contributed by atoms with Gasteiger partial charge in [-0.2, -0.15) is 0 Å². The highest BCUT2D eigenvalue weighted by Crippen LogP contribution is 2.23. The van der Waals surface area contributed by atoms with E-state index < -0.39 is 0 Å². The molecule has 2 heterocycles. The van der Waals surface area contributed by atoms with Crippen LogP contribution in [0.4, 0.5) is 5.69 Å². The number of hydrogen-bond donors (Lipinski definition) is 1. The Morgan fingerprint density at radius 2 is 2.44 bits per heavy atom. The minimum atomic E-state index is -0.326. The minimum absolute atomic E-state index is 0.326.